The van der Waals surface area contributed by atoms with Crippen LogP contribution in [-0.2, 0) is 5.88 Å². The number of nitro groups is 1. The van der Waals surface area contributed by atoms with E-state index in [9.17, 15) is 18.9 Å². The van der Waals surface area contributed by atoms with Gasteiger partial charge in [0.05, 0.1) is 5.88 Å². The van der Waals surface area contributed by atoms with Gasteiger partial charge in [-0.3, -0.25) is 0 Å². The highest BCUT2D eigenvalue weighted by Crippen LogP contribution is 2.28. The van der Waals surface area contributed by atoms with Crippen molar-refractivity contribution >= 4 is 40.0 Å². The Bertz CT molecular complexity index is 403. The minimum Gasteiger partial charge on any atom is -0.358 e. The number of pyridine rings is 1. The summed E-state index contributed by atoms with van der Waals surface area (Å²) in [7, 11) is 0. The van der Waals surface area contributed by atoms with Gasteiger partial charge in [0.1, 0.15) is 3.57 Å². The highest BCUT2D eigenvalue weighted by Gasteiger charge is 2.25. The van der Waals surface area contributed by atoms with E-state index in [-0.39, 0.29) is 15.0 Å². The van der Waals surface area contributed by atoms with Gasteiger partial charge in [-0.1, -0.05) is 0 Å². The fraction of sp³-hybridized carbons (Fsp3) is 0.286. The summed E-state index contributed by atoms with van der Waals surface area (Å²) in [6.07, 6.45) is -2.87. The summed E-state index contributed by atoms with van der Waals surface area (Å²) >= 11 is 7.09. The zero-order chi connectivity index (χ0) is 11.6. The zero-order valence-corrected chi connectivity index (χ0v) is 10.00. The Morgan fingerprint density at radius 1 is 1.67 bits per heavy atom. The Labute approximate surface area is 102 Å². The van der Waals surface area contributed by atoms with E-state index in [1.165, 1.54) is 6.07 Å². The summed E-state index contributed by atoms with van der Waals surface area (Å²) in [6, 6.07) is 1.25. The molecule has 0 aliphatic heterocycles. The second-order valence-corrected chi connectivity index (χ2v) is 3.96. The maximum atomic E-state index is 12.4. The lowest BCUT2D eigenvalue weighted by Gasteiger charge is -2.02. The third-order valence-corrected chi connectivity index (χ3v) is 2.68. The van der Waals surface area contributed by atoms with Gasteiger partial charge >= 0.3 is 12.2 Å². The van der Waals surface area contributed by atoms with Crippen molar-refractivity contribution in [3.05, 3.63) is 31.0 Å². The summed E-state index contributed by atoms with van der Waals surface area (Å²) in [5, 5.41) is 10.5. The Morgan fingerprint density at radius 2 is 2.27 bits per heavy atom. The predicted molar refractivity (Wildman–Crippen MR) is 58.1 cm³/mol. The summed E-state index contributed by atoms with van der Waals surface area (Å²) in [5.74, 6) is -0.722. The second-order valence-electron chi connectivity index (χ2n) is 2.53. The van der Waals surface area contributed by atoms with Gasteiger partial charge in [-0.15, -0.1) is 11.6 Å². The highest BCUT2D eigenvalue weighted by atomic mass is 127. The molecule has 0 bridgehead atoms. The Kier molecular flexibility index (Phi) is 4.14. The molecule has 82 valence electrons. The average Bonchev–Trinajstić information content (AvgIpc) is 2.16. The Hall–Kier alpha value is -0.570. The zero-order valence-electron chi connectivity index (χ0n) is 7.08. The number of aromatic nitrogens is 1. The van der Waals surface area contributed by atoms with Crippen molar-refractivity contribution in [2.75, 3.05) is 0 Å². The Morgan fingerprint density at radius 3 is 2.67 bits per heavy atom. The molecule has 0 radical (unpaired) electrons. The molecular weight excluding hydrogens is 344 g/mol. The van der Waals surface area contributed by atoms with Crippen molar-refractivity contribution in [2.45, 2.75) is 12.3 Å². The van der Waals surface area contributed by atoms with Crippen LogP contribution in [0.3, 0.4) is 0 Å². The third-order valence-electron chi connectivity index (χ3n) is 1.59. The molecule has 0 aliphatic carbocycles. The van der Waals surface area contributed by atoms with Gasteiger partial charge in [0.15, 0.2) is 0 Å². The van der Waals surface area contributed by atoms with Crippen LogP contribution in [0, 0.1) is 13.7 Å². The van der Waals surface area contributed by atoms with Gasteiger partial charge in [0.25, 0.3) is 0 Å². The van der Waals surface area contributed by atoms with E-state index < -0.39 is 22.9 Å². The molecule has 0 aromatic carbocycles. The van der Waals surface area contributed by atoms with Crippen LogP contribution in [0.4, 0.5) is 14.6 Å². The first-order valence-electron chi connectivity index (χ1n) is 3.65. The molecule has 0 N–H and O–H groups in total. The van der Waals surface area contributed by atoms with Crippen LogP contribution < -0.4 is 0 Å². The number of halogens is 4. The van der Waals surface area contributed by atoms with Gasteiger partial charge in [0, 0.05) is 5.56 Å². The molecule has 0 fully saturated rings. The highest BCUT2D eigenvalue weighted by molar-refractivity contribution is 14.1. The molecule has 0 unspecified atom stereocenters. The van der Waals surface area contributed by atoms with E-state index in [1.54, 1.807) is 22.6 Å². The van der Waals surface area contributed by atoms with Crippen LogP contribution in [0.1, 0.15) is 17.7 Å². The molecule has 1 aromatic rings. The van der Waals surface area contributed by atoms with E-state index in [2.05, 4.69) is 4.98 Å². The number of hydrogen-bond acceptors (Lipinski definition) is 3. The largest absolute Gasteiger partial charge is 0.377 e. The van der Waals surface area contributed by atoms with Gasteiger partial charge in [-0.25, -0.2) is 8.78 Å². The molecule has 1 heterocycles. The monoisotopic (exact) mass is 348 g/mol. The first-order chi connectivity index (χ1) is 6.97. The van der Waals surface area contributed by atoms with Gasteiger partial charge in [0.2, 0.25) is 5.69 Å². The molecule has 1 rings (SSSR count). The van der Waals surface area contributed by atoms with Gasteiger partial charge < -0.3 is 10.1 Å². The van der Waals surface area contributed by atoms with E-state index in [1.807, 2.05) is 0 Å². The van der Waals surface area contributed by atoms with Crippen molar-refractivity contribution in [3.8, 4) is 0 Å². The molecule has 0 saturated heterocycles. The normalized spacial score (nSPS) is 10.7. The fourth-order valence-electron chi connectivity index (χ4n) is 0.955. The van der Waals surface area contributed by atoms with E-state index in [0.717, 1.165) is 0 Å². The minimum atomic E-state index is -2.87. The molecule has 0 spiro atoms. The van der Waals surface area contributed by atoms with Crippen molar-refractivity contribution in [1.29, 1.82) is 0 Å². The molecule has 0 saturated carbocycles. The SMILES string of the molecule is O=[N+]([O-])c1nc(C(F)F)c(CCl)cc1I. The smallest absolute Gasteiger partial charge is 0.358 e. The molecule has 0 amide bonds. The number of hydrogen-bond donors (Lipinski definition) is 0. The molecule has 1 aromatic heterocycles. The fourth-order valence-corrected chi connectivity index (χ4v) is 1.86. The van der Waals surface area contributed by atoms with Crippen molar-refractivity contribution in [2.24, 2.45) is 0 Å². The second kappa shape index (κ2) is 4.97. The predicted octanol–water partition coefficient (Wildman–Crippen LogP) is 3.27. The Balaban J connectivity index is 3.37. The maximum Gasteiger partial charge on any atom is 0.377 e. The van der Waals surface area contributed by atoms with Crippen LogP contribution in [-0.4, -0.2) is 9.91 Å². The lowest BCUT2D eigenvalue weighted by Crippen LogP contribution is -2.03. The summed E-state index contributed by atoms with van der Waals surface area (Å²) < 4.78 is 25.1. The first kappa shape index (κ1) is 12.5. The van der Waals surface area contributed by atoms with Crippen molar-refractivity contribution in [1.82, 2.24) is 4.98 Å². The van der Waals surface area contributed by atoms with E-state index in [0.29, 0.717) is 0 Å². The quantitative estimate of drug-likeness (QED) is 0.365. The maximum absolute atomic E-state index is 12.4. The standard InChI is InChI=1S/C7H4ClF2IN2O2/c8-2-3-1-4(11)7(13(14)15)12-5(3)6(9)10/h1,6H,2H2. The van der Waals surface area contributed by atoms with Gasteiger partial charge in [-0.2, -0.15) is 0 Å². The molecular formula is C7H4ClF2IN2O2. The molecule has 0 atom stereocenters. The summed E-state index contributed by atoms with van der Waals surface area (Å²) in [6.45, 7) is 0. The van der Waals surface area contributed by atoms with Gasteiger partial charge in [-0.05, 0) is 38.6 Å². The molecule has 15 heavy (non-hydrogen) atoms. The van der Waals surface area contributed by atoms with Crippen molar-refractivity contribution < 1.29 is 13.7 Å². The topological polar surface area (TPSA) is 56.0 Å². The van der Waals surface area contributed by atoms with E-state index >= 15 is 0 Å². The summed E-state index contributed by atoms with van der Waals surface area (Å²) in [5.41, 5.74) is -0.515. The average molecular weight is 348 g/mol. The molecule has 0 aliphatic rings. The van der Waals surface area contributed by atoms with Crippen molar-refractivity contribution in [3.63, 3.8) is 0 Å². The van der Waals surface area contributed by atoms with Crippen LogP contribution >= 0.6 is 34.2 Å². The molecule has 8 heteroatoms. The van der Waals surface area contributed by atoms with Crippen LogP contribution in [0.15, 0.2) is 6.07 Å². The van der Waals surface area contributed by atoms with Crippen LogP contribution in [0.5, 0.6) is 0 Å². The number of nitrogens with zero attached hydrogens (tertiary/aromatic N) is 2. The number of alkyl halides is 3. The van der Waals surface area contributed by atoms with Crippen LogP contribution in [0.2, 0.25) is 0 Å². The lowest BCUT2D eigenvalue weighted by atomic mass is 10.2. The number of rotatable bonds is 3. The lowest BCUT2D eigenvalue weighted by molar-refractivity contribution is -0.390. The van der Waals surface area contributed by atoms with E-state index in [4.69, 9.17) is 11.6 Å². The minimum absolute atomic E-state index is 0.113. The first-order valence-corrected chi connectivity index (χ1v) is 5.26. The third kappa shape index (κ3) is 2.71. The van der Waals surface area contributed by atoms with Crippen LogP contribution in [0.25, 0.3) is 0 Å². The molecule has 4 nitrogen and oxygen atoms in total. The summed E-state index contributed by atoms with van der Waals surface area (Å²) in [4.78, 5) is 13.0.